The molecule has 0 bridgehead atoms. The number of ether oxygens (including phenoxy) is 1. The fraction of sp³-hybridized carbons (Fsp3) is 0.316. The van der Waals surface area contributed by atoms with Crippen molar-refractivity contribution in [2.45, 2.75) is 69.0 Å². The topological polar surface area (TPSA) is 96.0 Å². The van der Waals surface area contributed by atoms with Crippen LogP contribution in [0.1, 0.15) is 44.4 Å². The molecule has 1 N–H and O–H groups in total. The van der Waals surface area contributed by atoms with Gasteiger partial charge in [-0.15, -0.1) is 11.8 Å². The molecule has 0 saturated carbocycles. The van der Waals surface area contributed by atoms with Gasteiger partial charge in [0, 0.05) is 23.4 Å². The normalized spacial score (nSPS) is 12.2. The van der Waals surface area contributed by atoms with Crippen LogP contribution in [-0.2, 0) is 32.6 Å². The van der Waals surface area contributed by atoms with Crippen LogP contribution in [0.25, 0.3) is 0 Å². The molecule has 0 fully saturated rings. The number of carbonyl (C=O) groups excluding carboxylic acids is 2. The molecule has 0 saturated heterocycles. The van der Waals surface area contributed by atoms with Crippen molar-refractivity contribution in [3.8, 4) is 5.75 Å². The summed E-state index contributed by atoms with van der Waals surface area (Å²) < 4.78 is 35.8. The number of sulfonamides is 1. The second-order valence-corrected chi connectivity index (χ2v) is 15.3. The van der Waals surface area contributed by atoms with E-state index in [1.165, 1.54) is 16.7 Å². The lowest BCUT2D eigenvalue weighted by molar-refractivity contribution is -0.140. The molecule has 8 nitrogen and oxygen atoms in total. The van der Waals surface area contributed by atoms with E-state index in [-0.39, 0.29) is 29.5 Å². The van der Waals surface area contributed by atoms with Crippen molar-refractivity contribution in [1.29, 1.82) is 0 Å². The molecule has 4 rings (SSSR count). The summed E-state index contributed by atoms with van der Waals surface area (Å²) in [6.07, 6.45) is 2.15. The Kier molecular flexibility index (Phi) is 12.3. The van der Waals surface area contributed by atoms with Crippen LogP contribution in [0.4, 0.5) is 5.69 Å². The summed E-state index contributed by atoms with van der Waals surface area (Å²) in [6.45, 7) is 9.29. The maximum Gasteiger partial charge on any atom is 0.264 e. The molecular formula is C38H45N3O5S2. The first kappa shape index (κ1) is 36.6. The lowest BCUT2D eigenvalue weighted by atomic mass is 10.0. The van der Waals surface area contributed by atoms with Crippen LogP contribution < -0.4 is 14.4 Å². The highest BCUT2D eigenvalue weighted by molar-refractivity contribution is 7.98. The maximum atomic E-state index is 14.7. The number of rotatable bonds is 14. The number of benzene rings is 4. The summed E-state index contributed by atoms with van der Waals surface area (Å²) in [7, 11) is -4.26. The maximum absolute atomic E-state index is 14.7. The second kappa shape index (κ2) is 16.2. The molecule has 1 atom stereocenters. The minimum atomic E-state index is -4.26. The number of para-hydroxylation sites is 2. The fourth-order valence-corrected chi connectivity index (χ4v) is 7.06. The summed E-state index contributed by atoms with van der Waals surface area (Å²) in [5.74, 6) is -0.534. The van der Waals surface area contributed by atoms with Gasteiger partial charge in [-0.25, -0.2) is 8.42 Å². The predicted octanol–water partition coefficient (Wildman–Crippen LogP) is 6.87. The molecule has 10 heteroatoms. The monoisotopic (exact) mass is 687 g/mol. The molecule has 0 aromatic heterocycles. The Hall–Kier alpha value is -4.28. The van der Waals surface area contributed by atoms with Crippen LogP contribution in [0.2, 0.25) is 0 Å². The molecule has 0 heterocycles. The summed E-state index contributed by atoms with van der Waals surface area (Å²) in [4.78, 5) is 31.3. The smallest absolute Gasteiger partial charge is 0.264 e. The number of amides is 2. The van der Waals surface area contributed by atoms with Crippen LogP contribution in [0.15, 0.2) is 113 Å². The van der Waals surface area contributed by atoms with E-state index in [1.807, 2.05) is 95.5 Å². The third-order valence-corrected chi connectivity index (χ3v) is 10.1. The Morgan fingerprint density at radius 3 is 2.08 bits per heavy atom. The Labute approximate surface area is 289 Å². The van der Waals surface area contributed by atoms with Gasteiger partial charge in [-0.2, -0.15) is 0 Å². The SMILES string of the molecule is CCOc1ccccc1N(CC(=O)N(Cc1ccc(C)cc1)[C@@H](Cc1ccccc1)C(=O)NC(C)(C)C)S(=O)(=O)c1ccc(SC)cc1. The Bertz CT molecular complexity index is 1770. The third-order valence-electron chi connectivity index (χ3n) is 7.60. The lowest BCUT2D eigenvalue weighted by Gasteiger charge is -2.35. The lowest BCUT2D eigenvalue weighted by Crippen LogP contribution is -2.56. The number of anilines is 1. The van der Waals surface area contributed by atoms with Gasteiger partial charge in [0.15, 0.2) is 0 Å². The van der Waals surface area contributed by atoms with Crippen molar-refractivity contribution < 1.29 is 22.7 Å². The predicted molar refractivity (Wildman–Crippen MR) is 194 cm³/mol. The molecule has 0 unspecified atom stereocenters. The zero-order valence-electron chi connectivity index (χ0n) is 28.5. The fourth-order valence-electron chi connectivity index (χ4n) is 5.23. The minimum Gasteiger partial charge on any atom is -0.492 e. The zero-order valence-corrected chi connectivity index (χ0v) is 30.1. The Morgan fingerprint density at radius 2 is 1.48 bits per heavy atom. The van der Waals surface area contributed by atoms with Gasteiger partial charge in [0.2, 0.25) is 11.8 Å². The van der Waals surface area contributed by atoms with Crippen molar-refractivity contribution in [2.24, 2.45) is 0 Å². The first-order chi connectivity index (χ1) is 22.8. The Morgan fingerprint density at radius 1 is 0.854 bits per heavy atom. The highest BCUT2D eigenvalue weighted by Gasteiger charge is 2.36. The van der Waals surface area contributed by atoms with Crippen LogP contribution in [0.5, 0.6) is 5.75 Å². The molecule has 4 aromatic carbocycles. The molecule has 0 aliphatic carbocycles. The average molecular weight is 688 g/mol. The number of hydrogen-bond acceptors (Lipinski definition) is 6. The van der Waals surface area contributed by atoms with E-state index < -0.39 is 34.1 Å². The molecule has 0 aliphatic heterocycles. The van der Waals surface area contributed by atoms with Gasteiger partial charge in [-0.3, -0.25) is 13.9 Å². The number of thioether (sulfide) groups is 1. The standard InChI is InChI=1S/C38H45N3O5S2/c1-7-46-35-16-12-11-15-33(35)41(48(44,45)32-23-21-31(47-6)22-24-32)27-36(42)40(26-30-19-17-28(2)18-20-30)34(37(43)39-38(3,4)5)25-29-13-9-8-10-14-29/h8-24,34H,7,25-27H2,1-6H3,(H,39,43)/t34-/m0/s1. The Balaban J connectivity index is 1.85. The number of aryl methyl sites for hydroxylation is 1. The number of carbonyl (C=O) groups is 2. The summed E-state index contributed by atoms with van der Waals surface area (Å²) in [5.41, 5.74) is 2.40. The first-order valence-corrected chi connectivity index (χ1v) is 18.6. The first-order valence-electron chi connectivity index (χ1n) is 15.9. The number of nitrogens with zero attached hydrogens (tertiary/aromatic N) is 2. The van der Waals surface area contributed by atoms with E-state index in [1.54, 1.807) is 48.5 Å². The quantitative estimate of drug-likeness (QED) is 0.146. The van der Waals surface area contributed by atoms with Crippen molar-refractivity contribution in [1.82, 2.24) is 10.2 Å². The van der Waals surface area contributed by atoms with E-state index in [4.69, 9.17) is 4.74 Å². The largest absolute Gasteiger partial charge is 0.492 e. The zero-order chi connectivity index (χ0) is 34.9. The molecule has 0 radical (unpaired) electrons. The third kappa shape index (κ3) is 9.64. The summed E-state index contributed by atoms with van der Waals surface area (Å²) >= 11 is 1.50. The molecule has 4 aromatic rings. The minimum absolute atomic E-state index is 0.0378. The van der Waals surface area contributed by atoms with Crippen LogP contribution in [-0.4, -0.2) is 56.1 Å². The van der Waals surface area contributed by atoms with Crippen LogP contribution >= 0.6 is 11.8 Å². The van der Waals surface area contributed by atoms with Crippen molar-refractivity contribution in [3.05, 3.63) is 120 Å². The van der Waals surface area contributed by atoms with Gasteiger partial charge in [-0.1, -0.05) is 72.3 Å². The number of hydrogen-bond donors (Lipinski definition) is 1. The van der Waals surface area contributed by atoms with E-state index in [0.29, 0.717) is 12.4 Å². The molecule has 254 valence electrons. The van der Waals surface area contributed by atoms with Gasteiger partial charge in [0.05, 0.1) is 17.2 Å². The highest BCUT2D eigenvalue weighted by atomic mass is 32.2. The molecule has 2 amide bonds. The van der Waals surface area contributed by atoms with Crippen molar-refractivity contribution in [2.75, 3.05) is 23.7 Å². The van der Waals surface area contributed by atoms with Crippen LogP contribution in [0, 0.1) is 6.92 Å². The van der Waals surface area contributed by atoms with E-state index in [2.05, 4.69) is 5.32 Å². The van der Waals surface area contributed by atoms with E-state index >= 15 is 0 Å². The average Bonchev–Trinajstić information content (AvgIpc) is 3.06. The van der Waals surface area contributed by atoms with Crippen molar-refractivity contribution >= 4 is 39.3 Å². The highest BCUT2D eigenvalue weighted by Crippen LogP contribution is 2.33. The summed E-state index contributed by atoms with van der Waals surface area (Å²) in [6, 6.07) is 29.7. The summed E-state index contributed by atoms with van der Waals surface area (Å²) in [5, 5.41) is 3.06. The molecule has 0 aliphatic rings. The van der Waals surface area contributed by atoms with Gasteiger partial charge in [0.25, 0.3) is 10.0 Å². The van der Waals surface area contributed by atoms with Gasteiger partial charge >= 0.3 is 0 Å². The van der Waals surface area contributed by atoms with Gasteiger partial charge < -0.3 is 15.0 Å². The second-order valence-electron chi connectivity index (χ2n) is 12.5. The molecular weight excluding hydrogens is 643 g/mol. The van der Waals surface area contributed by atoms with Crippen LogP contribution in [0.3, 0.4) is 0 Å². The van der Waals surface area contributed by atoms with Gasteiger partial charge in [0.1, 0.15) is 18.3 Å². The van der Waals surface area contributed by atoms with Crippen molar-refractivity contribution in [3.63, 3.8) is 0 Å². The van der Waals surface area contributed by atoms with E-state index in [9.17, 15) is 18.0 Å². The molecule has 0 spiro atoms. The van der Waals surface area contributed by atoms with E-state index in [0.717, 1.165) is 25.9 Å². The van der Waals surface area contributed by atoms with Gasteiger partial charge in [-0.05, 0) is 88.4 Å². The number of nitrogens with one attached hydrogen (secondary N) is 1. The molecule has 48 heavy (non-hydrogen) atoms.